The maximum absolute atomic E-state index is 12.9. The van der Waals surface area contributed by atoms with Crippen LogP contribution in [-0.4, -0.2) is 31.1 Å². The summed E-state index contributed by atoms with van der Waals surface area (Å²) in [5.41, 5.74) is 4.15. The summed E-state index contributed by atoms with van der Waals surface area (Å²) >= 11 is 3.31. The Balaban J connectivity index is 1.29. The van der Waals surface area contributed by atoms with Crippen LogP contribution in [0.2, 0.25) is 0 Å². The lowest BCUT2D eigenvalue weighted by molar-refractivity contribution is 0.102. The molecular weight excluding hydrogens is 428 g/mol. The summed E-state index contributed by atoms with van der Waals surface area (Å²) in [7, 11) is 0. The lowest BCUT2D eigenvalue weighted by atomic mass is 10.1. The van der Waals surface area contributed by atoms with E-state index in [1.165, 1.54) is 11.0 Å². The number of tetrazole rings is 1. The number of hydrogen-bond acceptors (Lipinski definition) is 7. The van der Waals surface area contributed by atoms with Crippen LogP contribution in [0.5, 0.6) is 0 Å². The summed E-state index contributed by atoms with van der Waals surface area (Å²) in [6.45, 7) is 0. The molecule has 0 fully saturated rings. The quantitative estimate of drug-likeness (QED) is 0.378. The number of hydrogen-bond donors (Lipinski definition) is 1. The zero-order valence-electron chi connectivity index (χ0n) is 16.2. The van der Waals surface area contributed by atoms with Crippen LogP contribution in [0.4, 0.5) is 5.69 Å². The van der Waals surface area contributed by atoms with E-state index in [9.17, 15) is 4.79 Å². The van der Waals surface area contributed by atoms with Crippen LogP contribution in [0.15, 0.2) is 83.5 Å². The first-order valence-corrected chi connectivity index (χ1v) is 11.3. The van der Waals surface area contributed by atoms with Gasteiger partial charge in [-0.1, -0.05) is 42.1 Å². The number of aromatic nitrogens is 5. The maximum Gasteiger partial charge on any atom is 0.255 e. The molecule has 0 unspecified atom stereocenters. The molecule has 0 spiro atoms. The van der Waals surface area contributed by atoms with Crippen molar-refractivity contribution >= 4 is 44.9 Å². The highest BCUT2D eigenvalue weighted by atomic mass is 32.2. The van der Waals surface area contributed by atoms with Gasteiger partial charge in [0.25, 0.3) is 5.91 Å². The lowest BCUT2D eigenvalue weighted by Crippen LogP contribution is -2.14. The van der Waals surface area contributed by atoms with Crippen molar-refractivity contribution in [3.8, 4) is 5.69 Å². The molecule has 31 heavy (non-hydrogen) atoms. The van der Waals surface area contributed by atoms with E-state index in [1.54, 1.807) is 27.8 Å². The first kappa shape index (κ1) is 19.4. The molecule has 0 saturated heterocycles. The van der Waals surface area contributed by atoms with Crippen molar-refractivity contribution in [2.24, 2.45) is 0 Å². The molecule has 0 aliphatic rings. The largest absolute Gasteiger partial charge is 0.322 e. The molecule has 0 aliphatic carbocycles. The number of nitrogens with one attached hydrogen (secondary N) is 1. The average molecular weight is 445 g/mol. The van der Waals surface area contributed by atoms with Gasteiger partial charge >= 0.3 is 0 Å². The molecule has 0 atom stereocenters. The van der Waals surface area contributed by atoms with Gasteiger partial charge in [0.15, 0.2) is 4.34 Å². The van der Waals surface area contributed by atoms with Gasteiger partial charge in [-0.25, -0.2) is 9.67 Å². The Kier molecular flexibility index (Phi) is 5.42. The third kappa shape index (κ3) is 4.32. The van der Waals surface area contributed by atoms with Crippen molar-refractivity contribution in [2.75, 3.05) is 5.32 Å². The van der Waals surface area contributed by atoms with Crippen LogP contribution in [-0.2, 0) is 5.75 Å². The number of para-hydroxylation sites is 1. The van der Waals surface area contributed by atoms with Crippen molar-refractivity contribution < 1.29 is 4.79 Å². The van der Waals surface area contributed by atoms with E-state index < -0.39 is 0 Å². The molecule has 0 saturated carbocycles. The summed E-state index contributed by atoms with van der Waals surface area (Å²) in [6.07, 6.45) is 1.52. The predicted molar refractivity (Wildman–Crippen MR) is 123 cm³/mol. The fraction of sp³-hybridized carbons (Fsp3) is 0.0455. The number of anilines is 1. The zero-order valence-corrected chi connectivity index (χ0v) is 17.8. The molecule has 2 aromatic heterocycles. The van der Waals surface area contributed by atoms with Gasteiger partial charge in [-0.15, -0.1) is 16.4 Å². The smallest absolute Gasteiger partial charge is 0.255 e. The number of benzene rings is 3. The van der Waals surface area contributed by atoms with E-state index in [1.807, 2.05) is 66.7 Å². The SMILES string of the molecule is O=C(Nc1ccc(-n2cnnn2)cc1)c1ccccc1CSc1nc2ccccc2s1. The van der Waals surface area contributed by atoms with Gasteiger partial charge in [0.1, 0.15) is 6.33 Å². The highest BCUT2D eigenvalue weighted by molar-refractivity contribution is 8.00. The van der Waals surface area contributed by atoms with Crippen LogP contribution in [0, 0.1) is 0 Å². The average Bonchev–Trinajstić information content (AvgIpc) is 3.48. The minimum absolute atomic E-state index is 0.143. The van der Waals surface area contributed by atoms with Crippen molar-refractivity contribution in [3.63, 3.8) is 0 Å². The van der Waals surface area contributed by atoms with Crippen LogP contribution in [0.1, 0.15) is 15.9 Å². The lowest BCUT2D eigenvalue weighted by Gasteiger charge is -2.10. The van der Waals surface area contributed by atoms with Gasteiger partial charge in [0.05, 0.1) is 15.9 Å². The number of fused-ring (bicyclic) bond motifs is 1. The standard InChI is InChI=1S/C22H16N6OS2/c29-21(24-16-9-11-17(12-10-16)28-14-23-26-27-28)18-6-2-1-5-15(18)13-30-22-25-19-7-3-4-8-20(19)31-22/h1-12,14H,13H2,(H,24,29). The van der Waals surface area contributed by atoms with Crippen molar-refractivity contribution in [1.82, 2.24) is 25.2 Å². The Morgan fingerprint density at radius 3 is 2.61 bits per heavy atom. The molecule has 5 aromatic rings. The van der Waals surface area contributed by atoms with Crippen molar-refractivity contribution in [1.29, 1.82) is 0 Å². The Labute approximate surface area is 186 Å². The van der Waals surface area contributed by atoms with E-state index in [4.69, 9.17) is 0 Å². The molecule has 9 heteroatoms. The summed E-state index contributed by atoms with van der Waals surface area (Å²) in [6, 6.07) is 23.1. The summed E-state index contributed by atoms with van der Waals surface area (Å²) < 4.78 is 3.72. The number of thioether (sulfide) groups is 1. The number of nitrogens with zero attached hydrogens (tertiary/aromatic N) is 5. The Hall–Kier alpha value is -3.56. The first-order chi connectivity index (χ1) is 15.3. The zero-order chi connectivity index (χ0) is 21.0. The van der Waals surface area contributed by atoms with E-state index in [0.29, 0.717) is 17.0 Å². The van der Waals surface area contributed by atoms with Crippen LogP contribution >= 0.6 is 23.1 Å². The Morgan fingerprint density at radius 2 is 1.81 bits per heavy atom. The van der Waals surface area contributed by atoms with Crippen molar-refractivity contribution in [2.45, 2.75) is 10.1 Å². The molecule has 1 amide bonds. The topological polar surface area (TPSA) is 85.6 Å². The molecule has 1 N–H and O–H groups in total. The van der Waals surface area contributed by atoms with Crippen molar-refractivity contribution in [3.05, 3.63) is 90.3 Å². The van der Waals surface area contributed by atoms with Gasteiger partial charge in [-0.3, -0.25) is 4.79 Å². The second-order valence-corrected chi connectivity index (χ2v) is 8.90. The monoisotopic (exact) mass is 444 g/mol. The summed E-state index contributed by atoms with van der Waals surface area (Å²) in [5.74, 6) is 0.525. The minimum Gasteiger partial charge on any atom is -0.322 e. The molecule has 0 aliphatic heterocycles. The normalized spacial score (nSPS) is 11.0. The van der Waals surface area contributed by atoms with Gasteiger partial charge in [0.2, 0.25) is 0 Å². The summed E-state index contributed by atoms with van der Waals surface area (Å²) in [5, 5.41) is 14.1. The number of thiazole rings is 1. The highest BCUT2D eigenvalue weighted by Crippen LogP contribution is 2.32. The fourth-order valence-electron chi connectivity index (χ4n) is 3.10. The number of carbonyl (C=O) groups is 1. The predicted octanol–water partition coefficient (Wildman–Crippen LogP) is 4.82. The van der Waals surface area contributed by atoms with E-state index >= 15 is 0 Å². The second kappa shape index (κ2) is 8.66. The second-order valence-electron chi connectivity index (χ2n) is 6.65. The third-order valence-electron chi connectivity index (χ3n) is 4.63. The first-order valence-electron chi connectivity index (χ1n) is 9.47. The fourth-order valence-corrected chi connectivity index (χ4v) is 5.17. The Morgan fingerprint density at radius 1 is 1.00 bits per heavy atom. The molecule has 152 valence electrons. The molecule has 0 radical (unpaired) electrons. The molecule has 3 aromatic carbocycles. The molecular formula is C22H16N6OS2. The molecule has 0 bridgehead atoms. The number of carbonyl (C=O) groups excluding carboxylic acids is 1. The highest BCUT2D eigenvalue weighted by Gasteiger charge is 2.13. The number of rotatable bonds is 6. The van der Waals surface area contributed by atoms with Crippen LogP contribution < -0.4 is 5.32 Å². The molecule has 5 rings (SSSR count). The Bertz CT molecular complexity index is 1300. The number of amides is 1. The van der Waals surface area contributed by atoms with Gasteiger partial charge < -0.3 is 5.32 Å². The van der Waals surface area contributed by atoms with E-state index in [-0.39, 0.29) is 5.91 Å². The van der Waals surface area contributed by atoms with Gasteiger partial charge in [-0.2, -0.15) is 0 Å². The third-order valence-corrected chi connectivity index (χ3v) is 6.85. The molecule has 7 nitrogen and oxygen atoms in total. The van der Waals surface area contributed by atoms with Crippen LogP contribution in [0.3, 0.4) is 0 Å². The van der Waals surface area contributed by atoms with E-state index in [0.717, 1.165) is 21.1 Å². The van der Waals surface area contributed by atoms with Gasteiger partial charge in [0, 0.05) is 17.0 Å². The molecule has 2 heterocycles. The minimum atomic E-state index is -0.143. The maximum atomic E-state index is 12.9. The van der Waals surface area contributed by atoms with Gasteiger partial charge in [-0.05, 0) is 58.5 Å². The van der Waals surface area contributed by atoms with E-state index in [2.05, 4.69) is 31.9 Å². The van der Waals surface area contributed by atoms with Crippen LogP contribution in [0.25, 0.3) is 15.9 Å². The summed E-state index contributed by atoms with van der Waals surface area (Å²) in [4.78, 5) is 17.6.